The van der Waals surface area contributed by atoms with E-state index in [1.165, 1.54) is 22.3 Å². The highest BCUT2D eigenvalue weighted by Crippen LogP contribution is 2.25. The number of nitrogens with zero attached hydrogens (tertiary/aromatic N) is 2. The minimum Gasteiger partial charge on any atom is -0.338 e. The summed E-state index contributed by atoms with van der Waals surface area (Å²) in [5, 5.41) is 0. The third kappa shape index (κ3) is 3.68. The zero-order valence-corrected chi connectivity index (χ0v) is 15.7. The van der Waals surface area contributed by atoms with Crippen LogP contribution in [0, 0.1) is 12.8 Å². The number of piperidine rings is 1. The van der Waals surface area contributed by atoms with Gasteiger partial charge in [-0.3, -0.25) is 9.69 Å². The van der Waals surface area contributed by atoms with E-state index in [0.29, 0.717) is 5.91 Å². The molecule has 4 rings (SSSR count). The lowest BCUT2D eigenvalue weighted by Crippen LogP contribution is -2.46. The summed E-state index contributed by atoms with van der Waals surface area (Å²) in [6, 6.07) is 17.1. The van der Waals surface area contributed by atoms with Gasteiger partial charge in [-0.2, -0.15) is 0 Å². The first-order valence-electron chi connectivity index (χ1n) is 9.83. The standard InChI is InChI=1S/C23H28N2O/c1-18-7-2-3-9-20(18)15-24-13-6-11-22(16-24)23(26)25-14-12-19-8-4-5-10-21(19)17-25/h2-5,7-10,22H,6,11-17H2,1H3/t22-/m1/s1. The highest BCUT2D eigenvalue weighted by molar-refractivity contribution is 5.79. The molecule has 136 valence electrons. The third-order valence-corrected chi connectivity index (χ3v) is 5.95. The van der Waals surface area contributed by atoms with Crippen LogP contribution in [-0.2, 0) is 24.3 Å². The molecule has 2 aromatic carbocycles. The number of carbonyl (C=O) groups is 1. The molecular weight excluding hydrogens is 320 g/mol. The molecule has 0 aliphatic carbocycles. The smallest absolute Gasteiger partial charge is 0.227 e. The number of aryl methyl sites for hydroxylation is 1. The van der Waals surface area contributed by atoms with Crippen molar-refractivity contribution in [1.29, 1.82) is 0 Å². The van der Waals surface area contributed by atoms with Gasteiger partial charge in [0.15, 0.2) is 0 Å². The average Bonchev–Trinajstić information content (AvgIpc) is 2.69. The molecule has 0 radical (unpaired) electrons. The Morgan fingerprint density at radius 3 is 2.65 bits per heavy atom. The molecule has 0 bridgehead atoms. The van der Waals surface area contributed by atoms with Crippen LogP contribution in [0.3, 0.4) is 0 Å². The molecule has 2 aliphatic heterocycles. The largest absolute Gasteiger partial charge is 0.338 e. The van der Waals surface area contributed by atoms with E-state index in [-0.39, 0.29) is 5.92 Å². The Morgan fingerprint density at radius 2 is 1.81 bits per heavy atom. The predicted octanol–water partition coefficient (Wildman–Crippen LogP) is 3.79. The molecule has 1 atom stereocenters. The Bertz CT molecular complexity index is 785. The van der Waals surface area contributed by atoms with Crippen molar-refractivity contribution in [3.05, 3.63) is 70.8 Å². The molecule has 1 amide bonds. The van der Waals surface area contributed by atoms with Crippen molar-refractivity contribution in [3.8, 4) is 0 Å². The van der Waals surface area contributed by atoms with Gasteiger partial charge in [0, 0.05) is 26.2 Å². The van der Waals surface area contributed by atoms with Gasteiger partial charge in [-0.15, -0.1) is 0 Å². The van der Waals surface area contributed by atoms with Gasteiger partial charge in [0.05, 0.1) is 5.92 Å². The third-order valence-electron chi connectivity index (χ3n) is 5.95. The molecule has 0 saturated carbocycles. The molecule has 3 nitrogen and oxygen atoms in total. The van der Waals surface area contributed by atoms with Gasteiger partial charge in [0.1, 0.15) is 0 Å². The van der Waals surface area contributed by atoms with E-state index < -0.39 is 0 Å². The minimum absolute atomic E-state index is 0.151. The van der Waals surface area contributed by atoms with Gasteiger partial charge in [-0.25, -0.2) is 0 Å². The van der Waals surface area contributed by atoms with Crippen molar-refractivity contribution in [2.45, 2.75) is 39.3 Å². The van der Waals surface area contributed by atoms with Crippen LogP contribution in [0.15, 0.2) is 48.5 Å². The molecule has 0 N–H and O–H groups in total. The second-order valence-electron chi connectivity index (χ2n) is 7.78. The fourth-order valence-electron chi connectivity index (χ4n) is 4.37. The lowest BCUT2D eigenvalue weighted by atomic mass is 9.93. The van der Waals surface area contributed by atoms with Gasteiger partial charge < -0.3 is 4.90 Å². The topological polar surface area (TPSA) is 23.6 Å². The SMILES string of the molecule is Cc1ccccc1CN1CCC[C@@H](C(=O)N2CCc3ccccc3C2)C1. The van der Waals surface area contributed by atoms with Crippen LogP contribution in [0.4, 0.5) is 0 Å². The quantitative estimate of drug-likeness (QED) is 0.842. The predicted molar refractivity (Wildman–Crippen MR) is 105 cm³/mol. The Labute approximate surface area is 156 Å². The molecule has 2 aliphatic rings. The van der Waals surface area contributed by atoms with Crippen LogP contribution in [0.2, 0.25) is 0 Å². The molecule has 26 heavy (non-hydrogen) atoms. The maximum absolute atomic E-state index is 13.1. The average molecular weight is 348 g/mol. The Balaban J connectivity index is 1.40. The van der Waals surface area contributed by atoms with E-state index in [1.54, 1.807) is 0 Å². The number of carbonyl (C=O) groups excluding carboxylic acids is 1. The van der Waals surface area contributed by atoms with Crippen LogP contribution in [0.1, 0.15) is 35.1 Å². The Morgan fingerprint density at radius 1 is 1.04 bits per heavy atom. The first-order valence-corrected chi connectivity index (χ1v) is 9.83. The summed E-state index contributed by atoms with van der Waals surface area (Å²) in [5.74, 6) is 0.506. The summed E-state index contributed by atoms with van der Waals surface area (Å²) < 4.78 is 0. The zero-order chi connectivity index (χ0) is 17.9. The van der Waals surface area contributed by atoms with Gasteiger partial charge >= 0.3 is 0 Å². The number of rotatable bonds is 3. The second-order valence-corrected chi connectivity index (χ2v) is 7.78. The first kappa shape index (κ1) is 17.3. The second kappa shape index (κ2) is 7.63. The summed E-state index contributed by atoms with van der Waals surface area (Å²) in [7, 11) is 0. The van der Waals surface area contributed by atoms with Crippen molar-refractivity contribution < 1.29 is 4.79 Å². The number of hydrogen-bond donors (Lipinski definition) is 0. The minimum atomic E-state index is 0.151. The van der Waals surface area contributed by atoms with Crippen LogP contribution in [-0.4, -0.2) is 35.3 Å². The molecule has 3 heteroatoms. The summed E-state index contributed by atoms with van der Waals surface area (Å²) >= 11 is 0. The normalized spacial score (nSPS) is 20.7. The lowest BCUT2D eigenvalue weighted by molar-refractivity contribution is -0.138. The molecule has 2 heterocycles. The van der Waals surface area contributed by atoms with Crippen molar-refractivity contribution in [1.82, 2.24) is 9.80 Å². The van der Waals surface area contributed by atoms with Crippen molar-refractivity contribution >= 4 is 5.91 Å². The molecule has 0 spiro atoms. The fourth-order valence-corrected chi connectivity index (χ4v) is 4.37. The summed E-state index contributed by atoms with van der Waals surface area (Å²) in [6.45, 7) is 6.77. The number of fused-ring (bicyclic) bond motifs is 1. The van der Waals surface area contributed by atoms with E-state index in [4.69, 9.17) is 0 Å². The van der Waals surface area contributed by atoms with E-state index in [2.05, 4.69) is 65.3 Å². The molecule has 0 unspecified atom stereocenters. The van der Waals surface area contributed by atoms with Gasteiger partial charge in [0.2, 0.25) is 5.91 Å². The van der Waals surface area contributed by atoms with Crippen molar-refractivity contribution in [3.63, 3.8) is 0 Å². The van der Waals surface area contributed by atoms with E-state index in [0.717, 1.165) is 52.0 Å². The molecule has 1 fully saturated rings. The highest BCUT2D eigenvalue weighted by Gasteiger charge is 2.30. The Kier molecular flexibility index (Phi) is 5.07. The van der Waals surface area contributed by atoms with Crippen LogP contribution >= 0.6 is 0 Å². The maximum Gasteiger partial charge on any atom is 0.227 e. The number of benzene rings is 2. The van der Waals surface area contributed by atoms with Crippen LogP contribution < -0.4 is 0 Å². The van der Waals surface area contributed by atoms with Gasteiger partial charge in [-0.05, 0) is 55.0 Å². The lowest BCUT2D eigenvalue weighted by Gasteiger charge is -2.37. The number of likely N-dealkylation sites (tertiary alicyclic amines) is 1. The fraction of sp³-hybridized carbons (Fsp3) is 0.435. The van der Waals surface area contributed by atoms with Crippen molar-refractivity contribution in [2.24, 2.45) is 5.92 Å². The van der Waals surface area contributed by atoms with E-state index in [9.17, 15) is 4.79 Å². The number of amides is 1. The van der Waals surface area contributed by atoms with Crippen LogP contribution in [0.5, 0.6) is 0 Å². The van der Waals surface area contributed by atoms with E-state index in [1.807, 2.05) is 0 Å². The van der Waals surface area contributed by atoms with E-state index >= 15 is 0 Å². The number of hydrogen-bond acceptors (Lipinski definition) is 2. The first-order chi connectivity index (χ1) is 12.7. The zero-order valence-electron chi connectivity index (χ0n) is 15.7. The Hall–Kier alpha value is -2.13. The molecule has 0 aromatic heterocycles. The van der Waals surface area contributed by atoms with Gasteiger partial charge in [-0.1, -0.05) is 48.5 Å². The monoisotopic (exact) mass is 348 g/mol. The summed E-state index contributed by atoms with van der Waals surface area (Å²) in [6.07, 6.45) is 3.13. The summed E-state index contributed by atoms with van der Waals surface area (Å²) in [5.41, 5.74) is 5.45. The molecule has 2 aromatic rings. The maximum atomic E-state index is 13.1. The summed E-state index contributed by atoms with van der Waals surface area (Å²) in [4.78, 5) is 17.7. The van der Waals surface area contributed by atoms with Crippen LogP contribution in [0.25, 0.3) is 0 Å². The van der Waals surface area contributed by atoms with Gasteiger partial charge in [0.25, 0.3) is 0 Å². The molecule has 1 saturated heterocycles. The molecular formula is C23H28N2O. The highest BCUT2D eigenvalue weighted by atomic mass is 16.2. The van der Waals surface area contributed by atoms with Crippen molar-refractivity contribution in [2.75, 3.05) is 19.6 Å².